The molecule has 0 aliphatic carbocycles. The Balaban J connectivity index is 1.39. The summed E-state index contributed by atoms with van der Waals surface area (Å²) in [5, 5.41) is 2.79. The highest BCUT2D eigenvalue weighted by molar-refractivity contribution is 5.89. The Kier molecular flexibility index (Phi) is 8.52. The fourth-order valence-corrected chi connectivity index (χ4v) is 4.84. The molecule has 2 aromatic rings. The van der Waals surface area contributed by atoms with Crippen LogP contribution in [0.4, 0.5) is 10.6 Å². The molecule has 1 aromatic heterocycles. The maximum atomic E-state index is 13.1. The van der Waals surface area contributed by atoms with E-state index in [0.29, 0.717) is 36.6 Å². The van der Waals surface area contributed by atoms with Crippen molar-refractivity contribution in [2.45, 2.75) is 58.1 Å². The molecule has 1 saturated heterocycles. The largest absolute Gasteiger partial charge is 0.467 e. The van der Waals surface area contributed by atoms with Gasteiger partial charge in [-0.1, -0.05) is 36.4 Å². The zero-order valence-electron chi connectivity index (χ0n) is 22.9. The lowest BCUT2D eigenvalue weighted by Crippen LogP contribution is -2.40. The molecule has 1 unspecified atom stereocenters. The number of ether oxygens (including phenoxy) is 2. The molecular formula is C29H36N4O6. The highest BCUT2D eigenvalue weighted by Crippen LogP contribution is 2.28. The predicted octanol–water partition coefficient (Wildman–Crippen LogP) is 3.19. The van der Waals surface area contributed by atoms with Crippen LogP contribution in [0.3, 0.4) is 0 Å². The van der Waals surface area contributed by atoms with Crippen LogP contribution in [0.15, 0.2) is 42.5 Å². The molecule has 3 amide bonds. The van der Waals surface area contributed by atoms with E-state index in [1.165, 1.54) is 7.11 Å². The molecule has 1 fully saturated rings. The van der Waals surface area contributed by atoms with Crippen molar-refractivity contribution < 1.29 is 28.7 Å². The molecule has 1 aromatic carbocycles. The highest BCUT2D eigenvalue weighted by atomic mass is 16.6. The number of carbonyl (C=O) groups excluding carboxylic acids is 4. The van der Waals surface area contributed by atoms with Crippen LogP contribution in [0.5, 0.6) is 0 Å². The first-order chi connectivity index (χ1) is 18.6. The number of rotatable bonds is 6. The van der Waals surface area contributed by atoms with Gasteiger partial charge in [-0.3, -0.25) is 14.5 Å². The van der Waals surface area contributed by atoms with Gasteiger partial charge < -0.3 is 19.7 Å². The molecule has 0 radical (unpaired) electrons. The summed E-state index contributed by atoms with van der Waals surface area (Å²) >= 11 is 0. The number of nitrogens with one attached hydrogen (secondary N) is 1. The van der Waals surface area contributed by atoms with Gasteiger partial charge in [0.1, 0.15) is 11.4 Å². The van der Waals surface area contributed by atoms with Gasteiger partial charge in [-0.25, -0.2) is 14.6 Å². The normalized spacial score (nSPS) is 17.7. The number of benzene rings is 1. The molecule has 4 rings (SSSR count). The number of hydrogen-bond acceptors (Lipinski definition) is 7. The summed E-state index contributed by atoms with van der Waals surface area (Å²) in [4.78, 5) is 59.1. The first kappa shape index (κ1) is 28.1. The zero-order valence-corrected chi connectivity index (χ0v) is 22.9. The lowest BCUT2D eigenvalue weighted by Gasteiger charge is -2.31. The van der Waals surface area contributed by atoms with Crippen LogP contribution in [-0.2, 0) is 36.7 Å². The van der Waals surface area contributed by atoms with E-state index < -0.39 is 29.6 Å². The minimum Gasteiger partial charge on any atom is -0.467 e. The second-order valence-corrected chi connectivity index (χ2v) is 10.9. The molecule has 10 nitrogen and oxygen atoms in total. The van der Waals surface area contributed by atoms with E-state index in [9.17, 15) is 19.2 Å². The number of aryl methyl sites for hydroxylation is 1. The van der Waals surface area contributed by atoms with Gasteiger partial charge in [0.2, 0.25) is 11.8 Å². The fraction of sp³-hybridized carbons (Fsp3) is 0.483. The molecule has 0 bridgehead atoms. The number of esters is 1. The molecule has 2 aliphatic rings. The standard InChI is InChI=1S/C29H36N4O6/c1-29(2,3)39-28(37)33-15-8-11-20-12-13-22(30-25(20)33)17-23(34)32-16-14-21(18-32)26(35)31-24(27(36)38-4)19-9-6-5-7-10-19/h5-7,9-10,12-13,21,24H,8,11,14-18H2,1-4H3,(H,31,35)/t21?,24-/m1/s1. The molecular weight excluding hydrogens is 500 g/mol. The molecule has 2 atom stereocenters. The Hall–Kier alpha value is -3.95. The first-order valence-corrected chi connectivity index (χ1v) is 13.3. The summed E-state index contributed by atoms with van der Waals surface area (Å²) in [6, 6.07) is 11.7. The van der Waals surface area contributed by atoms with Crippen molar-refractivity contribution in [1.29, 1.82) is 0 Å². The molecule has 0 saturated carbocycles. The van der Waals surface area contributed by atoms with Crippen molar-refractivity contribution >= 4 is 29.7 Å². The molecule has 3 heterocycles. The Morgan fingerprint density at radius 2 is 1.82 bits per heavy atom. The van der Waals surface area contributed by atoms with E-state index in [-0.39, 0.29) is 24.8 Å². The van der Waals surface area contributed by atoms with Gasteiger partial charge in [-0.15, -0.1) is 0 Å². The third-order valence-corrected chi connectivity index (χ3v) is 6.81. The van der Waals surface area contributed by atoms with E-state index >= 15 is 0 Å². The van der Waals surface area contributed by atoms with Crippen molar-refractivity contribution in [2.24, 2.45) is 5.92 Å². The summed E-state index contributed by atoms with van der Waals surface area (Å²) in [7, 11) is 1.28. The second kappa shape index (κ2) is 11.8. The maximum absolute atomic E-state index is 13.1. The highest BCUT2D eigenvalue weighted by Gasteiger charge is 2.34. The van der Waals surface area contributed by atoms with E-state index in [4.69, 9.17) is 9.47 Å². The SMILES string of the molecule is COC(=O)[C@H](NC(=O)C1CCN(C(=O)Cc2ccc3c(n2)N(C(=O)OC(C)(C)C)CCC3)C1)c1ccccc1. The van der Waals surface area contributed by atoms with Gasteiger partial charge in [0.15, 0.2) is 6.04 Å². The Morgan fingerprint density at radius 3 is 2.51 bits per heavy atom. The number of nitrogens with zero attached hydrogens (tertiary/aromatic N) is 3. The monoisotopic (exact) mass is 536 g/mol. The average Bonchev–Trinajstić information content (AvgIpc) is 3.41. The van der Waals surface area contributed by atoms with Crippen molar-refractivity contribution in [3.8, 4) is 0 Å². The Morgan fingerprint density at radius 1 is 1.08 bits per heavy atom. The second-order valence-electron chi connectivity index (χ2n) is 10.9. The van der Waals surface area contributed by atoms with E-state index in [0.717, 1.165) is 18.4 Å². The number of hydrogen-bond donors (Lipinski definition) is 1. The van der Waals surface area contributed by atoms with E-state index in [1.54, 1.807) is 34.1 Å². The average molecular weight is 537 g/mol. The van der Waals surface area contributed by atoms with Crippen molar-refractivity contribution in [1.82, 2.24) is 15.2 Å². The zero-order chi connectivity index (χ0) is 28.2. The van der Waals surface area contributed by atoms with Crippen LogP contribution >= 0.6 is 0 Å². The number of carbonyl (C=O) groups is 4. The van der Waals surface area contributed by atoms with Crippen LogP contribution in [-0.4, -0.2) is 66.1 Å². The summed E-state index contributed by atoms with van der Waals surface area (Å²) in [5.74, 6) is -0.910. The minimum atomic E-state index is -0.916. The topological polar surface area (TPSA) is 118 Å². The van der Waals surface area contributed by atoms with Crippen molar-refractivity contribution in [3.05, 3.63) is 59.3 Å². The fourth-order valence-electron chi connectivity index (χ4n) is 4.84. The number of aromatic nitrogens is 1. The van der Waals surface area contributed by atoms with Gasteiger partial charge in [0.25, 0.3) is 0 Å². The van der Waals surface area contributed by atoms with Gasteiger partial charge in [-0.2, -0.15) is 0 Å². The number of pyridine rings is 1. The Bertz CT molecular complexity index is 1230. The molecule has 10 heteroatoms. The molecule has 1 N–H and O–H groups in total. The summed E-state index contributed by atoms with van der Waals surface area (Å²) in [5.41, 5.74) is 1.50. The van der Waals surface area contributed by atoms with Crippen LogP contribution in [0.2, 0.25) is 0 Å². The molecule has 39 heavy (non-hydrogen) atoms. The van der Waals surface area contributed by atoms with Crippen LogP contribution in [0, 0.1) is 5.92 Å². The number of fused-ring (bicyclic) bond motifs is 1. The van der Waals surface area contributed by atoms with Gasteiger partial charge in [-0.05, 0) is 57.2 Å². The first-order valence-electron chi connectivity index (χ1n) is 13.3. The number of amides is 3. The van der Waals surface area contributed by atoms with E-state index in [1.807, 2.05) is 39.0 Å². The van der Waals surface area contributed by atoms with Crippen molar-refractivity contribution in [3.63, 3.8) is 0 Å². The lowest BCUT2D eigenvalue weighted by atomic mass is 10.0. The predicted molar refractivity (Wildman–Crippen MR) is 144 cm³/mol. The van der Waals surface area contributed by atoms with E-state index in [2.05, 4.69) is 10.3 Å². The molecule has 2 aliphatic heterocycles. The summed E-state index contributed by atoms with van der Waals surface area (Å²) in [6.07, 6.45) is 1.70. The third-order valence-electron chi connectivity index (χ3n) is 6.81. The van der Waals surface area contributed by atoms with Gasteiger partial charge in [0.05, 0.1) is 25.1 Å². The molecule has 208 valence electrons. The van der Waals surface area contributed by atoms with Crippen LogP contribution < -0.4 is 10.2 Å². The quantitative estimate of drug-likeness (QED) is 0.564. The minimum absolute atomic E-state index is 0.0541. The number of likely N-dealkylation sites (tertiary alicyclic amines) is 1. The summed E-state index contributed by atoms with van der Waals surface area (Å²) in [6.45, 7) is 6.64. The summed E-state index contributed by atoms with van der Waals surface area (Å²) < 4.78 is 10.4. The smallest absolute Gasteiger partial charge is 0.416 e. The Labute approximate surface area is 228 Å². The maximum Gasteiger partial charge on any atom is 0.416 e. The number of anilines is 1. The molecule has 0 spiro atoms. The van der Waals surface area contributed by atoms with Gasteiger partial charge in [0, 0.05) is 19.6 Å². The van der Waals surface area contributed by atoms with Crippen LogP contribution in [0.25, 0.3) is 0 Å². The van der Waals surface area contributed by atoms with Crippen molar-refractivity contribution in [2.75, 3.05) is 31.6 Å². The van der Waals surface area contributed by atoms with Crippen LogP contribution in [0.1, 0.15) is 56.5 Å². The number of methoxy groups -OCH3 is 1. The third kappa shape index (κ3) is 6.93. The van der Waals surface area contributed by atoms with Gasteiger partial charge >= 0.3 is 12.1 Å². The lowest BCUT2D eigenvalue weighted by molar-refractivity contribution is -0.145.